The maximum absolute atomic E-state index is 12.9. The Balaban J connectivity index is 1.55. The number of hydrogen-bond acceptors (Lipinski definition) is 10. The first-order chi connectivity index (χ1) is 17.9. The molecule has 4 unspecified atom stereocenters. The molecule has 10 nitrogen and oxygen atoms in total. The summed E-state index contributed by atoms with van der Waals surface area (Å²) in [4.78, 5) is 26.8. The maximum atomic E-state index is 12.9. The van der Waals surface area contributed by atoms with E-state index in [0.717, 1.165) is 4.70 Å². The fraction of sp³-hybridized carbons (Fsp3) is 0.500. The number of ether oxygens (including phenoxy) is 1. The van der Waals surface area contributed by atoms with Gasteiger partial charge in [-0.1, -0.05) is 12.1 Å². The number of methoxy groups -OCH3 is 1. The number of likely N-dealkylation sites (N-methyl/N-ethyl adjacent to an activating group) is 1. The van der Waals surface area contributed by atoms with E-state index in [2.05, 4.69) is 25.6 Å². The van der Waals surface area contributed by atoms with Crippen LogP contribution in [-0.2, 0) is 4.74 Å². The van der Waals surface area contributed by atoms with E-state index in [4.69, 9.17) is 4.74 Å². The quantitative estimate of drug-likeness (QED) is 0.324. The topological polar surface area (TPSA) is 133 Å². The van der Waals surface area contributed by atoms with Gasteiger partial charge in [-0.3, -0.25) is 0 Å². The van der Waals surface area contributed by atoms with Crippen LogP contribution in [-0.4, -0.2) is 79.9 Å². The SMILES string of the molecule is CCN(C(=O)OC)C1C2CCC(O)(Nc3nc(NCC(F)(F)F)nc(C)c3-c3nc4ccccc4s3)C21O. The molecule has 0 aliphatic heterocycles. The highest BCUT2D eigenvalue weighted by Gasteiger charge is 2.80. The summed E-state index contributed by atoms with van der Waals surface area (Å²) in [6, 6.07) is 6.71. The van der Waals surface area contributed by atoms with Gasteiger partial charge in [0.2, 0.25) is 5.95 Å². The van der Waals surface area contributed by atoms with Gasteiger partial charge in [-0.25, -0.2) is 14.8 Å². The number of aryl methyl sites for hydroxylation is 1. The molecule has 3 aromatic rings. The fourth-order valence-electron chi connectivity index (χ4n) is 5.45. The van der Waals surface area contributed by atoms with E-state index in [1.165, 1.54) is 23.3 Å². The Kier molecular flexibility index (Phi) is 6.39. The van der Waals surface area contributed by atoms with Gasteiger partial charge in [0.25, 0.3) is 0 Å². The van der Waals surface area contributed by atoms with Crippen molar-refractivity contribution in [3.8, 4) is 10.6 Å². The predicted octanol–water partition coefficient (Wildman–Crippen LogP) is 3.75. The van der Waals surface area contributed by atoms with Gasteiger partial charge < -0.3 is 30.5 Å². The second kappa shape index (κ2) is 9.20. The zero-order valence-electron chi connectivity index (χ0n) is 20.8. The first-order valence-corrected chi connectivity index (χ1v) is 12.9. The lowest BCUT2D eigenvalue weighted by atomic mass is 10.0. The van der Waals surface area contributed by atoms with Gasteiger partial charge in [0.15, 0.2) is 5.72 Å². The average Bonchev–Trinajstić information content (AvgIpc) is 3.13. The van der Waals surface area contributed by atoms with Gasteiger partial charge in [-0.05, 0) is 38.8 Å². The minimum Gasteiger partial charge on any atom is -0.453 e. The molecule has 2 heterocycles. The van der Waals surface area contributed by atoms with E-state index in [0.29, 0.717) is 28.2 Å². The van der Waals surface area contributed by atoms with Gasteiger partial charge in [0.1, 0.15) is 23.0 Å². The molecule has 38 heavy (non-hydrogen) atoms. The minimum absolute atomic E-state index is 0.0181. The molecule has 1 aromatic carbocycles. The fourth-order valence-corrected chi connectivity index (χ4v) is 6.51. The molecule has 14 heteroatoms. The van der Waals surface area contributed by atoms with Gasteiger partial charge in [0.05, 0.1) is 34.6 Å². The molecule has 0 saturated heterocycles. The summed E-state index contributed by atoms with van der Waals surface area (Å²) in [6.07, 6.45) is -4.61. The van der Waals surface area contributed by atoms with Crippen LogP contribution in [0.4, 0.5) is 29.7 Å². The van der Waals surface area contributed by atoms with Crippen molar-refractivity contribution in [2.75, 3.05) is 30.8 Å². The average molecular weight is 553 g/mol. The number of nitrogens with zero attached hydrogens (tertiary/aromatic N) is 4. The molecule has 0 spiro atoms. The van der Waals surface area contributed by atoms with E-state index in [9.17, 15) is 28.2 Å². The van der Waals surface area contributed by atoms with Crippen LogP contribution in [0, 0.1) is 12.8 Å². The highest BCUT2D eigenvalue weighted by molar-refractivity contribution is 7.21. The normalized spacial score (nSPS) is 26.2. The van der Waals surface area contributed by atoms with Gasteiger partial charge in [-0.15, -0.1) is 11.3 Å². The molecule has 0 radical (unpaired) electrons. The smallest absolute Gasteiger partial charge is 0.409 e. The van der Waals surface area contributed by atoms with Gasteiger partial charge in [-0.2, -0.15) is 18.2 Å². The number of carbonyl (C=O) groups excluding carboxylic acids is 1. The Labute approximate surface area is 219 Å². The Morgan fingerprint density at radius 3 is 2.66 bits per heavy atom. The molecular weight excluding hydrogens is 525 g/mol. The molecule has 2 aliphatic carbocycles. The number of alkyl halides is 3. The minimum atomic E-state index is -4.50. The zero-order valence-corrected chi connectivity index (χ0v) is 21.7. The first-order valence-electron chi connectivity index (χ1n) is 12.0. The van der Waals surface area contributed by atoms with Crippen LogP contribution >= 0.6 is 11.3 Å². The number of benzene rings is 1. The van der Waals surface area contributed by atoms with E-state index >= 15 is 0 Å². The lowest BCUT2D eigenvalue weighted by Gasteiger charge is -2.35. The van der Waals surface area contributed by atoms with Crippen LogP contribution in [0.15, 0.2) is 24.3 Å². The van der Waals surface area contributed by atoms with Crippen LogP contribution in [0.3, 0.4) is 0 Å². The molecule has 4 N–H and O–H groups in total. The molecule has 4 atom stereocenters. The number of rotatable bonds is 7. The molecular formula is C24H27F3N6O4S. The third kappa shape index (κ3) is 4.29. The van der Waals surface area contributed by atoms with Crippen molar-refractivity contribution in [1.29, 1.82) is 0 Å². The van der Waals surface area contributed by atoms with Crippen LogP contribution < -0.4 is 10.6 Å². The number of aromatic nitrogens is 3. The van der Waals surface area contributed by atoms with Crippen LogP contribution in [0.2, 0.25) is 0 Å². The van der Waals surface area contributed by atoms with Crippen LogP contribution in [0.25, 0.3) is 20.8 Å². The monoisotopic (exact) mass is 552 g/mol. The molecule has 2 fully saturated rings. The van der Waals surface area contributed by atoms with Gasteiger partial charge in [0, 0.05) is 12.5 Å². The summed E-state index contributed by atoms with van der Waals surface area (Å²) in [5, 5.41) is 28.9. The highest BCUT2D eigenvalue weighted by atomic mass is 32.1. The molecule has 2 saturated carbocycles. The standard InChI is InChI=1S/C24H27F3N6O4S/c1-4-33(21(34)37-3)17-13-9-10-22(35,24(13,17)36)32-18-16(19-30-14-7-5-6-8-15(14)38-19)12(2)29-20(31-18)28-11-23(25,26)27/h5-8,13,17,35-36H,4,9-11H2,1-3H3,(H2,28,29,31,32). The summed E-state index contributed by atoms with van der Waals surface area (Å²) in [5.41, 5.74) is -2.22. The largest absolute Gasteiger partial charge is 0.453 e. The number of carbonyl (C=O) groups is 1. The summed E-state index contributed by atoms with van der Waals surface area (Å²) in [5.74, 6) is -0.699. The lowest BCUT2D eigenvalue weighted by molar-refractivity contribution is -0.115. The second-order valence-corrected chi connectivity index (χ2v) is 10.5. The zero-order chi connectivity index (χ0) is 27.5. The number of para-hydroxylation sites is 1. The number of halogens is 3. The van der Waals surface area contributed by atoms with Crippen molar-refractivity contribution in [2.24, 2.45) is 5.92 Å². The Morgan fingerprint density at radius 1 is 1.26 bits per heavy atom. The number of nitrogens with one attached hydrogen (secondary N) is 2. The molecule has 2 aromatic heterocycles. The van der Waals surface area contributed by atoms with Crippen molar-refractivity contribution < 1.29 is 32.9 Å². The van der Waals surface area contributed by atoms with Crippen LogP contribution in [0.5, 0.6) is 0 Å². The number of thiazole rings is 1. The summed E-state index contributed by atoms with van der Waals surface area (Å²) in [7, 11) is 1.24. The van der Waals surface area contributed by atoms with Crippen molar-refractivity contribution in [3.05, 3.63) is 30.0 Å². The summed E-state index contributed by atoms with van der Waals surface area (Å²) >= 11 is 1.34. The summed E-state index contributed by atoms with van der Waals surface area (Å²) in [6.45, 7) is 2.24. The molecule has 2 aliphatic rings. The summed E-state index contributed by atoms with van der Waals surface area (Å²) < 4.78 is 44.4. The molecule has 1 amide bonds. The Hall–Kier alpha value is -3.23. The van der Waals surface area contributed by atoms with E-state index in [1.54, 1.807) is 13.8 Å². The third-order valence-electron chi connectivity index (χ3n) is 7.22. The number of hydrogen-bond donors (Lipinski definition) is 4. The van der Waals surface area contributed by atoms with Crippen molar-refractivity contribution >= 4 is 39.4 Å². The van der Waals surface area contributed by atoms with E-state index < -0.39 is 42.1 Å². The maximum Gasteiger partial charge on any atom is 0.409 e. The van der Waals surface area contributed by atoms with Gasteiger partial charge >= 0.3 is 12.3 Å². The first kappa shape index (κ1) is 26.4. The van der Waals surface area contributed by atoms with E-state index in [-0.39, 0.29) is 24.7 Å². The number of aliphatic hydroxyl groups is 2. The molecule has 0 bridgehead atoms. The predicted molar refractivity (Wildman–Crippen MR) is 135 cm³/mol. The van der Waals surface area contributed by atoms with Crippen molar-refractivity contribution in [3.63, 3.8) is 0 Å². The molecule has 5 rings (SSSR count). The Morgan fingerprint density at radius 2 is 2.00 bits per heavy atom. The Bertz CT molecular complexity index is 1350. The lowest BCUT2D eigenvalue weighted by Crippen LogP contribution is -2.54. The second-order valence-electron chi connectivity index (χ2n) is 9.47. The highest BCUT2D eigenvalue weighted by Crippen LogP contribution is 2.63. The number of fused-ring (bicyclic) bond motifs is 2. The number of amides is 1. The van der Waals surface area contributed by atoms with Crippen LogP contribution in [0.1, 0.15) is 25.5 Å². The third-order valence-corrected chi connectivity index (χ3v) is 8.28. The molecule has 204 valence electrons. The number of anilines is 2. The van der Waals surface area contributed by atoms with E-state index in [1.807, 2.05) is 24.3 Å². The van der Waals surface area contributed by atoms with Crippen molar-refractivity contribution in [1.82, 2.24) is 19.9 Å². The van der Waals surface area contributed by atoms with Crippen molar-refractivity contribution in [2.45, 2.75) is 50.2 Å².